The van der Waals surface area contributed by atoms with Gasteiger partial charge in [-0.05, 0) is 36.9 Å². The molecule has 1 unspecified atom stereocenters. The van der Waals surface area contributed by atoms with Crippen LogP contribution in [0, 0.1) is 0 Å². The Balaban J connectivity index is 1.72. The highest BCUT2D eigenvalue weighted by molar-refractivity contribution is 7.89. The van der Waals surface area contributed by atoms with E-state index in [-0.39, 0.29) is 11.8 Å². The SMILES string of the molecule is O=S(=O)(CC1CCCN1)N1CCc2ccccc2C1. The van der Waals surface area contributed by atoms with Crippen LogP contribution in [0.15, 0.2) is 24.3 Å². The summed E-state index contributed by atoms with van der Waals surface area (Å²) in [5, 5.41) is 3.27. The smallest absolute Gasteiger partial charge is 0.215 e. The van der Waals surface area contributed by atoms with Gasteiger partial charge in [-0.1, -0.05) is 24.3 Å². The average molecular weight is 280 g/mol. The Morgan fingerprint density at radius 2 is 2.05 bits per heavy atom. The second kappa shape index (κ2) is 5.23. The van der Waals surface area contributed by atoms with Crippen molar-refractivity contribution in [1.82, 2.24) is 9.62 Å². The molecule has 0 bridgehead atoms. The first-order valence-corrected chi connectivity index (χ1v) is 8.54. The summed E-state index contributed by atoms with van der Waals surface area (Å²) in [6.45, 7) is 2.10. The van der Waals surface area contributed by atoms with Gasteiger partial charge >= 0.3 is 0 Å². The van der Waals surface area contributed by atoms with Crippen LogP contribution in [0.25, 0.3) is 0 Å². The Kier molecular flexibility index (Phi) is 3.60. The van der Waals surface area contributed by atoms with Gasteiger partial charge in [0.2, 0.25) is 10.0 Å². The number of nitrogens with one attached hydrogen (secondary N) is 1. The third-order valence-corrected chi connectivity index (χ3v) is 5.99. The monoisotopic (exact) mass is 280 g/mol. The van der Waals surface area contributed by atoms with Crippen molar-refractivity contribution in [3.05, 3.63) is 35.4 Å². The van der Waals surface area contributed by atoms with Crippen LogP contribution < -0.4 is 5.32 Å². The van der Waals surface area contributed by atoms with Crippen molar-refractivity contribution in [3.63, 3.8) is 0 Å². The quantitative estimate of drug-likeness (QED) is 0.903. The summed E-state index contributed by atoms with van der Waals surface area (Å²) >= 11 is 0. The Morgan fingerprint density at radius 1 is 1.26 bits per heavy atom. The van der Waals surface area contributed by atoms with E-state index in [9.17, 15) is 8.42 Å². The predicted octanol–water partition coefficient (Wildman–Crippen LogP) is 1.13. The summed E-state index contributed by atoms with van der Waals surface area (Å²) in [5.41, 5.74) is 2.43. The first-order chi connectivity index (χ1) is 9.15. The van der Waals surface area contributed by atoms with E-state index < -0.39 is 10.0 Å². The zero-order valence-electron chi connectivity index (χ0n) is 11.0. The van der Waals surface area contributed by atoms with Gasteiger partial charge in [-0.2, -0.15) is 4.31 Å². The van der Waals surface area contributed by atoms with Gasteiger partial charge in [0.15, 0.2) is 0 Å². The summed E-state index contributed by atoms with van der Waals surface area (Å²) in [7, 11) is -3.14. The minimum Gasteiger partial charge on any atom is -0.313 e. The fourth-order valence-electron chi connectivity index (χ4n) is 2.97. The molecule has 1 N–H and O–H groups in total. The molecule has 2 heterocycles. The van der Waals surface area contributed by atoms with Gasteiger partial charge < -0.3 is 5.32 Å². The fraction of sp³-hybridized carbons (Fsp3) is 0.571. The zero-order valence-corrected chi connectivity index (χ0v) is 11.8. The number of rotatable bonds is 3. The van der Waals surface area contributed by atoms with E-state index >= 15 is 0 Å². The molecule has 0 spiro atoms. The normalized spacial score (nSPS) is 24.3. The van der Waals surface area contributed by atoms with Crippen LogP contribution in [0.5, 0.6) is 0 Å². The number of hydrogen-bond donors (Lipinski definition) is 1. The van der Waals surface area contributed by atoms with Crippen LogP contribution in [0.4, 0.5) is 0 Å². The Hall–Kier alpha value is -0.910. The molecule has 1 aromatic rings. The highest BCUT2D eigenvalue weighted by Gasteiger charge is 2.30. The molecular weight excluding hydrogens is 260 g/mol. The van der Waals surface area contributed by atoms with E-state index in [4.69, 9.17) is 0 Å². The maximum Gasteiger partial charge on any atom is 0.215 e. The molecule has 19 heavy (non-hydrogen) atoms. The second-order valence-corrected chi connectivity index (χ2v) is 7.44. The van der Waals surface area contributed by atoms with Crippen molar-refractivity contribution in [2.45, 2.75) is 31.8 Å². The Morgan fingerprint density at radius 3 is 2.79 bits per heavy atom. The van der Waals surface area contributed by atoms with Crippen LogP contribution in [-0.2, 0) is 23.0 Å². The summed E-state index contributed by atoms with van der Waals surface area (Å²) in [4.78, 5) is 0. The number of benzene rings is 1. The van der Waals surface area contributed by atoms with E-state index in [2.05, 4.69) is 11.4 Å². The fourth-order valence-corrected chi connectivity index (χ4v) is 4.67. The van der Waals surface area contributed by atoms with Gasteiger partial charge in [0, 0.05) is 19.1 Å². The van der Waals surface area contributed by atoms with Crippen molar-refractivity contribution in [2.75, 3.05) is 18.8 Å². The lowest BCUT2D eigenvalue weighted by Gasteiger charge is -2.29. The lowest BCUT2D eigenvalue weighted by Crippen LogP contribution is -2.42. The standard InChI is InChI=1S/C14H20N2O2S/c17-19(18,11-14-6-3-8-15-14)16-9-7-12-4-1-2-5-13(12)10-16/h1-2,4-5,14-15H,3,6-11H2. The lowest BCUT2D eigenvalue weighted by molar-refractivity contribution is 0.388. The van der Waals surface area contributed by atoms with Crippen molar-refractivity contribution in [2.24, 2.45) is 0 Å². The topological polar surface area (TPSA) is 49.4 Å². The first-order valence-electron chi connectivity index (χ1n) is 6.93. The molecule has 1 fully saturated rings. The van der Waals surface area contributed by atoms with Crippen molar-refractivity contribution in [1.29, 1.82) is 0 Å². The van der Waals surface area contributed by atoms with Crippen molar-refractivity contribution < 1.29 is 8.42 Å². The van der Waals surface area contributed by atoms with E-state index in [0.717, 1.165) is 31.4 Å². The predicted molar refractivity (Wildman–Crippen MR) is 75.4 cm³/mol. The molecule has 3 rings (SSSR count). The van der Waals surface area contributed by atoms with Crippen molar-refractivity contribution in [3.8, 4) is 0 Å². The molecule has 0 amide bonds. The summed E-state index contributed by atoms with van der Waals surface area (Å²) in [6.07, 6.45) is 2.89. The lowest BCUT2D eigenvalue weighted by atomic mass is 10.0. The molecule has 1 aromatic carbocycles. The summed E-state index contributed by atoms with van der Waals surface area (Å²) in [6, 6.07) is 8.27. The third kappa shape index (κ3) is 2.83. The molecule has 104 valence electrons. The molecule has 4 nitrogen and oxygen atoms in total. The molecule has 0 aromatic heterocycles. The summed E-state index contributed by atoms with van der Waals surface area (Å²) in [5.74, 6) is 0.245. The molecule has 0 aliphatic carbocycles. The molecule has 1 saturated heterocycles. The van der Waals surface area contributed by atoms with Gasteiger partial charge in [0.25, 0.3) is 0 Å². The maximum atomic E-state index is 12.4. The number of sulfonamides is 1. The van der Waals surface area contributed by atoms with Gasteiger partial charge in [-0.15, -0.1) is 0 Å². The largest absolute Gasteiger partial charge is 0.313 e. The Labute approximate surface area is 114 Å². The van der Waals surface area contributed by atoms with E-state index in [1.54, 1.807) is 4.31 Å². The third-order valence-electron chi connectivity index (χ3n) is 4.06. The van der Waals surface area contributed by atoms with Crippen LogP contribution >= 0.6 is 0 Å². The second-order valence-electron chi connectivity index (χ2n) is 5.42. The van der Waals surface area contributed by atoms with E-state index in [1.165, 1.54) is 5.56 Å². The number of hydrogen-bond acceptors (Lipinski definition) is 3. The van der Waals surface area contributed by atoms with E-state index in [1.807, 2.05) is 18.2 Å². The summed E-state index contributed by atoms with van der Waals surface area (Å²) < 4.78 is 26.5. The van der Waals surface area contributed by atoms with Crippen LogP contribution in [0.2, 0.25) is 0 Å². The van der Waals surface area contributed by atoms with Crippen molar-refractivity contribution >= 4 is 10.0 Å². The molecule has 5 heteroatoms. The zero-order chi connectivity index (χ0) is 13.3. The van der Waals surface area contributed by atoms with Gasteiger partial charge in [-0.25, -0.2) is 8.42 Å². The average Bonchev–Trinajstić information content (AvgIpc) is 2.90. The molecule has 0 saturated carbocycles. The van der Waals surface area contributed by atoms with Gasteiger partial charge in [0.05, 0.1) is 5.75 Å². The maximum absolute atomic E-state index is 12.4. The number of fused-ring (bicyclic) bond motifs is 1. The van der Waals surface area contributed by atoms with Crippen LogP contribution in [0.1, 0.15) is 24.0 Å². The highest BCUT2D eigenvalue weighted by atomic mass is 32.2. The highest BCUT2D eigenvalue weighted by Crippen LogP contribution is 2.22. The minimum absolute atomic E-state index is 0.141. The molecule has 1 atom stereocenters. The van der Waals surface area contributed by atoms with Crippen LogP contribution in [-0.4, -0.2) is 37.6 Å². The van der Waals surface area contributed by atoms with Crippen LogP contribution in [0.3, 0.4) is 0 Å². The van der Waals surface area contributed by atoms with Gasteiger partial charge in [-0.3, -0.25) is 0 Å². The Bertz CT molecular complexity index is 550. The molecule has 0 radical (unpaired) electrons. The van der Waals surface area contributed by atoms with Gasteiger partial charge in [0.1, 0.15) is 0 Å². The molecule has 2 aliphatic heterocycles. The molecule has 2 aliphatic rings. The first kappa shape index (κ1) is 13.1. The molecular formula is C14H20N2O2S. The van der Waals surface area contributed by atoms with E-state index in [0.29, 0.717) is 13.1 Å². The number of nitrogens with zero attached hydrogens (tertiary/aromatic N) is 1. The minimum atomic E-state index is -3.14.